The molecular weight excluding hydrogens is 839 g/mol. The van der Waals surface area contributed by atoms with E-state index in [1.54, 1.807) is 105 Å². The topological polar surface area (TPSA) is 269 Å². The molecule has 61 heavy (non-hydrogen) atoms. The third kappa shape index (κ3) is 18.1. The van der Waals surface area contributed by atoms with Crippen LogP contribution in [0.3, 0.4) is 0 Å². The minimum absolute atomic E-state index is 0. The maximum Gasteiger partial charge on any atom is 1.00 e. The first-order valence-electron chi connectivity index (χ1n) is 17.3. The summed E-state index contributed by atoms with van der Waals surface area (Å²) in [5.74, 6) is 4.68. The molecule has 0 amide bonds. The summed E-state index contributed by atoms with van der Waals surface area (Å²) in [6.07, 6.45) is 3.18. The Bertz CT molecular complexity index is 2070. The van der Waals surface area contributed by atoms with Crippen molar-refractivity contribution in [2.75, 3.05) is 69.2 Å². The van der Waals surface area contributed by atoms with Gasteiger partial charge in [0.2, 0.25) is 5.95 Å². The SMILES string of the molecule is CCO.COc1ccc(-c2cc(-c3ccc(OC)cc3OC)nc(N)n2)c(OC)c1.COc1ccc(/C=C/C(=O)c2ccc(OC)cc2OC)c(OC)c1.Cl.N=C(N)N.[K+].[OH-]. The Hall–Kier alpha value is -5.31. The zero-order valence-corrected chi connectivity index (χ0v) is 39.9. The van der Waals surface area contributed by atoms with Gasteiger partial charge in [0.25, 0.3) is 0 Å². The van der Waals surface area contributed by atoms with Crippen LogP contribution < -0.4 is 106 Å². The number of ether oxygens (including phenoxy) is 8. The molecule has 0 saturated carbocycles. The summed E-state index contributed by atoms with van der Waals surface area (Å²) in [5, 5.41) is 13.6. The molecule has 0 unspecified atom stereocenters. The third-order valence-corrected chi connectivity index (χ3v) is 7.64. The van der Waals surface area contributed by atoms with E-state index < -0.39 is 0 Å². The molecule has 0 aliphatic rings. The van der Waals surface area contributed by atoms with Crippen molar-refractivity contribution in [3.05, 3.63) is 96.1 Å². The minimum Gasteiger partial charge on any atom is -0.870 e. The molecule has 0 atom stereocenters. The fraction of sp³-hybridized carbons (Fsp3) is 0.238. The van der Waals surface area contributed by atoms with Crippen molar-refractivity contribution in [3.63, 3.8) is 0 Å². The second-order valence-electron chi connectivity index (χ2n) is 11.3. The fourth-order valence-corrected chi connectivity index (χ4v) is 4.98. The molecule has 9 N–H and O–H groups in total. The molecule has 1 heterocycles. The van der Waals surface area contributed by atoms with E-state index in [2.05, 4.69) is 21.4 Å². The maximum absolute atomic E-state index is 12.4. The first kappa shape index (κ1) is 57.8. The van der Waals surface area contributed by atoms with Crippen LogP contribution in [0.15, 0.2) is 84.9 Å². The van der Waals surface area contributed by atoms with E-state index in [1.807, 2.05) is 36.4 Å². The summed E-state index contributed by atoms with van der Waals surface area (Å²) in [6, 6.07) is 23.3. The summed E-state index contributed by atoms with van der Waals surface area (Å²) in [7, 11) is 12.6. The van der Waals surface area contributed by atoms with Crippen molar-refractivity contribution in [2.24, 2.45) is 11.5 Å². The first-order chi connectivity index (χ1) is 27.9. The number of ketones is 1. The Morgan fingerprint density at radius 2 is 0.967 bits per heavy atom. The van der Waals surface area contributed by atoms with E-state index in [9.17, 15) is 4.79 Å². The zero-order chi connectivity index (χ0) is 43.2. The standard InChI is InChI=1S/C20H21N3O4.C19H20O5.C2H6O.CH5N3.ClH.K.H2O/c1-24-12-5-7-14(18(9-12)26-3)16-11-17(23-20(21)22-16)15-8-6-13(25-2)10-19(15)27-4;1-21-14-7-5-13(18(11-14)23-3)6-10-17(20)16-9-8-15(22-2)12-19(16)24-4;1-2-3;2-1(3)4;;;/h5-11H,1-4H3,(H2,21,22,23);5-12H,1-4H3;3H,2H2,1H3;(H5,2,3,4);1H;;1H2/q;;;;;+1;/p-1/b;10-6+;;;;;. The number of anilines is 1. The number of nitrogens with zero attached hydrogens (tertiary/aromatic N) is 2. The van der Waals surface area contributed by atoms with Gasteiger partial charge in [-0.25, -0.2) is 9.97 Å². The van der Waals surface area contributed by atoms with Crippen LogP contribution in [0.5, 0.6) is 46.0 Å². The number of carbonyl (C=O) groups excluding carboxylic acids is 1. The predicted molar refractivity (Wildman–Crippen MR) is 234 cm³/mol. The fourth-order valence-electron chi connectivity index (χ4n) is 4.98. The molecule has 0 bridgehead atoms. The normalized spacial score (nSPS) is 9.41. The number of methoxy groups -OCH3 is 8. The summed E-state index contributed by atoms with van der Waals surface area (Å²) in [4.78, 5) is 21.2. The van der Waals surface area contributed by atoms with Crippen molar-refractivity contribution in [3.8, 4) is 68.5 Å². The van der Waals surface area contributed by atoms with Crippen LogP contribution in [0.4, 0.5) is 5.95 Å². The number of nitrogens with two attached hydrogens (primary N) is 3. The number of guanidine groups is 1. The second-order valence-corrected chi connectivity index (χ2v) is 11.3. The summed E-state index contributed by atoms with van der Waals surface area (Å²) in [5.41, 5.74) is 19.0. The van der Waals surface area contributed by atoms with Crippen LogP contribution >= 0.6 is 12.4 Å². The summed E-state index contributed by atoms with van der Waals surface area (Å²) >= 11 is 0. The molecule has 4 aromatic carbocycles. The number of benzene rings is 4. The molecule has 0 aliphatic carbocycles. The van der Waals surface area contributed by atoms with E-state index in [4.69, 9.17) is 54.1 Å². The van der Waals surface area contributed by atoms with E-state index >= 15 is 0 Å². The Morgan fingerprint density at radius 3 is 1.34 bits per heavy atom. The van der Waals surface area contributed by atoms with E-state index in [0.717, 1.165) is 16.7 Å². The van der Waals surface area contributed by atoms with Gasteiger partial charge >= 0.3 is 51.4 Å². The van der Waals surface area contributed by atoms with Crippen molar-refractivity contribution in [2.45, 2.75) is 6.92 Å². The predicted octanol–water partition coefficient (Wildman–Crippen LogP) is 3.13. The first-order valence-corrected chi connectivity index (χ1v) is 17.3. The molecule has 5 aromatic rings. The number of allylic oxidation sites excluding steroid dienone is 1. The number of hydrogen-bond acceptors (Lipinski definition) is 15. The van der Waals surface area contributed by atoms with Gasteiger partial charge in [-0.05, 0) is 73.7 Å². The van der Waals surface area contributed by atoms with Gasteiger partial charge in [-0.1, -0.05) is 0 Å². The summed E-state index contributed by atoms with van der Waals surface area (Å²) in [6.45, 7) is 1.93. The zero-order valence-electron chi connectivity index (χ0n) is 36.0. The molecular formula is C42H54ClKN6O11. The molecule has 0 saturated heterocycles. The van der Waals surface area contributed by atoms with Gasteiger partial charge in [0.05, 0.1) is 73.8 Å². The average Bonchev–Trinajstić information content (AvgIpc) is 3.24. The number of hydrogen-bond donors (Lipinski definition) is 5. The number of aromatic nitrogens is 2. The number of halogens is 1. The van der Waals surface area contributed by atoms with Crippen LogP contribution in [-0.2, 0) is 0 Å². The molecule has 19 heteroatoms. The van der Waals surface area contributed by atoms with Gasteiger partial charge in [0, 0.05) is 47.6 Å². The number of carbonyl (C=O) groups is 1. The second kappa shape index (κ2) is 30.7. The van der Waals surface area contributed by atoms with Gasteiger partial charge in [-0.3, -0.25) is 10.2 Å². The van der Waals surface area contributed by atoms with E-state index in [1.165, 1.54) is 13.2 Å². The Morgan fingerprint density at radius 1 is 0.623 bits per heavy atom. The largest absolute Gasteiger partial charge is 1.00 e. The van der Waals surface area contributed by atoms with Gasteiger partial charge in [0.1, 0.15) is 46.0 Å². The quantitative estimate of drug-likeness (QED) is 0.0374. The van der Waals surface area contributed by atoms with Crippen molar-refractivity contribution in [1.82, 2.24) is 9.97 Å². The van der Waals surface area contributed by atoms with Crippen molar-refractivity contribution in [1.29, 1.82) is 5.41 Å². The monoisotopic (exact) mass is 892 g/mol. The Labute approximate surface area is 405 Å². The average molecular weight is 893 g/mol. The van der Waals surface area contributed by atoms with Gasteiger partial charge in [0.15, 0.2) is 11.7 Å². The number of aliphatic hydroxyl groups excluding tert-OH is 1. The van der Waals surface area contributed by atoms with Crippen LogP contribution in [0.2, 0.25) is 0 Å². The van der Waals surface area contributed by atoms with E-state index in [-0.39, 0.29) is 93.6 Å². The molecule has 0 fully saturated rings. The number of nitrogens with one attached hydrogen (secondary N) is 1. The van der Waals surface area contributed by atoms with Gasteiger partial charge < -0.3 is 65.7 Å². The molecule has 326 valence electrons. The maximum atomic E-state index is 12.4. The Balaban J connectivity index is 0. The van der Waals surface area contributed by atoms with Crippen LogP contribution in [0.25, 0.3) is 28.6 Å². The smallest absolute Gasteiger partial charge is 0.870 e. The van der Waals surface area contributed by atoms with Crippen LogP contribution in [-0.4, -0.2) is 95.8 Å². The minimum atomic E-state index is -0.333. The van der Waals surface area contributed by atoms with Crippen molar-refractivity contribution >= 4 is 36.2 Å². The van der Waals surface area contributed by atoms with Gasteiger partial charge in [-0.15, -0.1) is 12.4 Å². The van der Waals surface area contributed by atoms with Gasteiger partial charge in [-0.2, -0.15) is 0 Å². The molecule has 0 aliphatic heterocycles. The molecule has 0 radical (unpaired) electrons. The van der Waals surface area contributed by atoms with E-state index in [0.29, 0.717) is 62.9 Å². The third-order valence-electron chi connectivity index (χ3n) is 7.64. The number of aliphatic hydroxyl groups is 1. The van der Waals surface area contributed by atoms with Crippen molar-refractivity contribution < 1.29 is 105 Å². The van der Waals surface area contributed by atoms with Crippen LogP contribution in [0.1, 0.15) is 22.8 Å². The molecule has 17 nitrogen and oxygen atoms in total. The number of rotatable bonds is 13. The number of nitrogen functional groups attached to an aromatic ring is 1. The molecule has 5 rings (SSSR count). The molecule has 0 spiro atoms. The Kier molecular flexibility index (Phi) is 29.1. The molecule has 1 aromatic heterocycles. The summed E-state index contributed by atoms with van der Waals surface area (Å²) < 4.78 is 42.3. The van der Waals surface area contributed by atoms with Crippen LogP contribution in [0, 0.1) is 5.41 Å².